The zero-order valence-corrected chi connectivity index (χ0v) is 17.5. The normalized spacial score (nSPS) is 15.4. The third kappa shape index (κ3) is 4.67. The monoisotopic (exact) mass is 412 g/mol. The predicted octanol–water partition coefficient (Wildman–Crippen LogP) is 5.86. The van der Waals surface area contributed by atoms with Crippen molar-refractivity contribution in [2.75, 3.05) is 16.8 Å². The molecule has 3 aromatic rings. The van der Waals surface area contributed by atoms with Crippen molar-refractivity contribution in [1.82, 2.24) is 9.97 Å². The van der Waals surface area contributed by atoms with Crippen LogP contribution in [0.4, 0.5) is 21.8 Å². The minimum atomic E-state index is -0.257. The Morgan fingerprint density at radius 1 is 1.10 bits per heavy atom. The van der Waals surface area contributed by atoms with Gasteiger partial charge in [0.25, 0.3) is 0 Å². The molecule has 0 saturated carbocycles. The van der Waals surface area contributed by atoms with Crippen LogP contribution in [-0.2, 0) is 12.8 Å². The predicted molar refractivity (Wildman–Crippen MR) is 119 cm³/mol. The van der Waals surface area contributed by atoms with Crippen molar-refractivity contribution < 1.29 is 4.39 Å². The van der Waals surface area contributed by atoms with E-state index in [2.05, 4.69) is 59.4 Å². The first-order valence-corrected chi connectivity index (χ1v) is 9.89. The summed E-state index contributed by atoms with van der Waals surface area (Å²) >= 11 is 0. The van der Waals surface area contributed by atoms with Crippen molar-refractivity contribution in [1.29, 1.82) is 0 Å². The first kappa shape index (κ1) is 21.1. The second kappa shape index (κ2) is 9.23. The fraction of sp³-hybridized carbons (Fsp3) is 0.304. The highest BCUT2D eigenvalue weighted by Crippen LogP contribution is 2.33. The number of benzene rings is 2. The van der Waals surface area contributed by atoms with E-state index < -0.39 is 0 Å². The lowest BCUT2D eigenvalue weighted by atomic mass is 9.93. The number of anilines is 3. The summed E-state index contributed by atoms with van der Waals surface area (Å²) in [5.74, 6) is 1.23. The Morgan fingerprint density at radius 2 is 1.86 bits per heavy atom. The Morgan fingerprint density at radius 3 is 2.62 bits per heavy atom. The van der Waals surface area contributed by atoms with Crippen molar-refractivity contribution in [3.8, 4) is 0 Å². The maximum Gasteiger partial charge on any atom is 0.229 e. The molecule has 4 rings (SSSR count). The number of hydrogen-bond donors (Lipinski definition) is 1. The molecule has 1 aliphatic heterocycles. The van der Waals surface area contributed by atoms with Gasteiger partial charge >= 0.3 is 0 Å². The molecule has 4 nitrogen and oxygen atoms in total. The first-order chi connectivity index (χ1) is 13.6. The summed E-state index contributed by atoms with van der Waals surface area (Å²) in [5.41, 5.74) is 4.57. The number of nitrogens with one attached hydrogen (secondary N) is 1. The van der Waals surface area contributed by atoms with Gasteiger partial charge in [-0.2, -0.15) is 4.98 Å². The molecule has 0 spiro atoms. The minimum Gasteiger partial charge on any atom is -0.349 e. The summed E-state index contributed by atoms with van der Waals surface area (Å²) in [5, 5.41) is 3.23. The third-order valence-corrected chi connectivity index (χ3v) is 5.26. The lowest BCUT2D eigenvalue weighted by Gasteiger charge is -2.36. The molecule has 29 heavy (non-hydrogen) atoms. The second-order valence-corrected chi connectivity index (χ2v) is 7.24. The molecule has 1 atom stereocenters. The Bertz CT molecular complexity index is 961. The van der Waals surface area contributed by atoms with Gasteiger partial charge in [0.15, 0.2) is 0 Å². The highest BCUT2D eigenvalue weighted by Gasteiger charge is 2.25. The van der Waals surface area contributed by atoms with Gasteiger partial charge in [-0.05, 0) is 55.2 Å². The Hall–Kier alpha value is -2.66. The van der Waals surface area contributed by atoms with E-state index in [-0.39, 0.29) is 24.3 Å². The quantitative estimate of drug-likeness (QED) is 0.570. The van der Waals surface area contributed by atoms with E-state index in [1.165, 1.54) is 23.3 Å². The molecule has 2 heterocycles. The van der Waals surface area contributed by atoms with Crippen molar-refractivity contribution in [3.05, 3.63) is 77.2 Å². The van der Waals surface area contributed by atoms with Crippen LogP contribution in [-0.4, -0.2) is 16.5 Å². The third-order valence-electron chi connectivity index (χ3n) is 5.26. The average molecular weight is 413 g/mol. The maximum atomic E-state index is 13.2. The van der Waals surface area contributed by atoms with Gasteiger partial charge in [0.05, 0.1) is 6.04 Å². The number of halogens is 2. The summed E-state index contributed by atoms with van der Waals surface area (Å²) < 4.78 is 13.2. The van der Waals surface area contributed by atoms with E-state index in [0.29, 0.717) is 5.95 Å². The number of nitrogens with zero attached hydrogens (tertiary/aromatic N) is 3. The van der Waals surface area contributed by atoms with Crippen molar-refractivity contribution in [2.45, 2.75) is 39.2 Å². The highest BCUT2D eigenvalue weighted by molar-refractivity contribution is 5.85. The van der Waals surface area contributed by atoms with Crippen LogP contribution in [0, 0.1) is 5.82 Å². The Kier molecular flexibility index (Phi) is 6.70. The number of rotatable bonds is 5. The molecule has 0 aliphatic carbocycles. The molecule has 1 aromatic heterocycles. The summed E-state index contributed by atoms with van der Waals surface area (Å²) in [6, 6.07) is 17.3. The van der Waals surface area contributed by atoms with Crippen LogP contribution >= 0.6 is 12.4 Å². The molecule has 152 valence electrons. The molecule has 0 radical (unpaired) electrons. The van der Waals surface area contributed by atoms with Gasteiger partial charge in [0, 0.05) is 24.0 Å². The van der Waals surface area contributed by atoms with Crippen LogP contribution < -0.4 is 10.2 Å². The van der Waals surface area contributed by atoms with Crippen LogP contribution in [0.15, 0.2) is 54.6 Å². The minimum absolute atomic E-state index is 0. The summed E-state index contributed by atoms with van der Waals surface area (Å²) in [4.78, 5) is 11.8. The second-order valence-electron chi connectivity index (χ2n) is 7.24. The SMILES string of the molecule is CCCc1cc(N2CCc3ccccc3C2C)nc(Nc2ccc(F)cc2)n1.Cl. The molecular formula is C23H26ClFN4. The number of aromatic nitrogens is 2. The lowest BCUT2D eigenvalue weighted by Crippen LogP contribution is -2.34. The average Bonchev–Trinajstić information content (AvgIpc) is 2.70. The van der Waals surface area contributed by atoms with Crippen LogP contribution in [0.3, 0.4) is 0 Å². The number of fused-ring (bicyclic) bond motifs is 1. The van der Waals surface area contributed by atoms with Crippen LogP contribution in [0.1, 0.15) is 43.1 Å². The van der Waals surface area contributed by atoms with E-state index in [9.17, 15) is 4.39 Å². The summed E-state index contributed by atoms with van der Waals surface area (Å²) in [6.07, 6.45) is 2.92. The van der Waals surface area contributed by atoms with E-state index in [1.807, 2.05) is 0 Å². The zero-order valence-electron chi connectivity index (χ0n) is 16.7. The molecule has 1 N–H and O–H groups in total. The van der Waals surface area contributed by atoms with Crippen molar-refractivity contribution in [3.63, 3.8) is 0 Å². The fourth-order valence-corrected chi connectivity index (χ4v) is 3.82. The summed E-state index contributed by atoms with van der Waals surface area (Å²) in [7, 11) is 0. The Labute approximate surface area is 177 Å². The van der Waals surface area contributed by atoms with E-state index in [1.54, 1.807) is 12.1 Å². The van der Waals surface area contributed by atoms with Gasteiger partial charge in [0.2, 0.25) is 5.95 Å². The topological polar surface area (TPSA) is 41.1 Å². The molecule has 6 heteroatoms. The van der Waals surface area contributed by atoms with Gasteiger partial charge in [0.1, 0.15) is 11.6 Å². The van der Waals surface area contributed by atoms with E-state index in [4.69, 9.17) is 4.98 Å². The fourth-order valence-electron chi connectivity index (χ4n) is 3.82. The van der Waals surface area contributed by atoms with Crippen LogP contribution in [0.5, 0.6) is 0 Å². The first-order valence-electron chi connectivity index (χ1n) is 9.89. The number of aryl methyl sites for hydroxylation is 1. The molecule has 0 bridgehead atoms. The molecular weight excluding hydrogens is 387 g/mol. The van der Waals surface area contributed by atoms with Crippen molar-refractivity contribution >= 4 is 29.9 Å². The van der Waals surface area contributed by atoms with Gasteiger partial charge in [-0.25, -0.2) is 9.37 Å². The molecule has 0 fully saturated rings. The van der Waals surface area contributed by atoms with Gasteiger partial charge in [-0.1, -0.05) is 37.6 Å². The van der Waals surface area contributed by atoms with Crippen LogP contribution in [0.2, 0.25) is 0 Å². The molecule has 1 unspecified atom stereocenters. The zero-order chi connectivity index (χ0) is 19.5. The highest BCUT2D eigenvalue weighted by atomic mass is 35.5. The number of hydrogen-bond acceptors (Lipinski definition) is 4. The molecule has 2 aromatic carbocycles. The maximum absolute atomic E-state index is 13.2. The summed E-state index contributed by atoms with van der Waals surface area (Å²) in [6.45, 7) is 5.30. The van der Waals surface area contributed by atoms with E-state index in [0.717, 1.165) is 43.0 Å². The molecule has 0 amide bonds. The largest absolute Gasteiger partial charge is 0.349 e. The Balaban J connectivity index is 0.00000240. The van der Waals surface area contributed by atoms with Gasteiger partial charge in [-0.3, -0.25) is 0 Å². The molecule has 0 saturated heterocycles. The van der Waals surface area contributed by atoms with Crippen LogP contribution in [0.25, 0.3) is 0 Å². The van der Waals surface area contributed by atoms with Gasteiger partial charge < -0.3 is 10.2 Å². The smallest absolute Gasteiger partial charge is 0.229 e. The lowest BCUT2D eigenvalue weighted by molar-refractivity contribution is 0.616. The van der Waals surface area contributed by atoms with Gasteiger partial charge in [-0.15, -0.1) is 12.4 Å². The van der Waals surface area contributed by atoms with Crippen molar-refractivity contribution in [2.24, 2.45) is 0 Å². The van der Waals surface area contributed by atoms with E-state index >= 15 is 0 Å². The molecule has 1 aliphatic rings. The standard InChI is InChI=1S/C23H25FN4.ClH/c1-3-6-20-15-22(27-23(26-20)25-19-11-9-18(24)10-12-19)28-14-13-17-7-4-5-8-21(17)16(28)2;/h4-5,7-12,15-16H,3,6,13-14H2,1-2H3,(H,25,26,27);1H.